The smallest absolute Gasteiger partial charge is 0.321 e. The van der Waals surface area contributed by atoms with Gasteiger partial charge in [0, 0.05) is 31.5 Å². The van der Waals surface area contributed by atoms with Crippen molar-refractivity contribution in [2.45, 2.75) is 40.7 Å². The zero-order chi connectivity index (χ0) is 17.0. The van der Waals surface area contributed by atoms with Crippen molar-refractivity contribution in [3.63, 3.8) is 0 Å². The molecule has 23 heavy (non-hydrogen) atoms. The predicted octanol–water partition coefficient (Wildman–Crippen LogP) is 3.53. The van der Waals surface area contributed by atoms with Crippen molar-refractivity contribution in [3.05, 3.63) is 46.8 Å². The molecule has 0 fully saturated rings. The highest BCUT2D eigenvalue weighted by molar-refractivity contribution is 5.89. The average Bonchev–Trinajstić information content (AvgIpc) is 2.81. The normalized spacial score (nSPS) is 10.7. The maximum atomic E-state index is 12.3. The molecule has 2 amide bonds. The summed E-state index contributed by atoms with van der Waals surface area (Å²) in [6.07, 6.45) is 0.815. The van der Waals surface area contributed by atoms with Gasteiger partial charge >= 0.3 is 6.03 Å². The van der Waals surface area contributed by atoms with Crippen LogP contribution in [-0.4, -0.2) is 34.3 Å². The van der Waals surface area contributed by atoms with Crippen molar-refractivity contribution in [3.8, 4) is 0 Å². The van der Waals surface area contributed by atoms with Gasteiger partial charge in [-0.1, -0.05) is 18.2 Å². The highest BCUT2D eigenvalue weighted by Gasteiger charge is 2.14. The number of amides is 2. The van der Waals surface area contributed by atoms with Gasteiger partial charge < -0.3 is 10.2 Å². The van der Waals surface area contributed by atoms with Crippen molar-refractivity contribution in [2.75, 3.05) is 18.9 Å². The van der Waals surface area contributed by atoms with Gasteiger partial charge in [0.05, 0.1) is 5.69 Å². The maximum absolute atomic E-state index is 12.3. The van der Waals surface area contributed by atoms with Crippen LogP contribution in [0.1, 0.15) is 29.4 Å². The lowest BCUT2D eigenvalue weighted by molar-refractivity contribution is 0.223. The number of urea groups is 1. The van der Waals surface area contributed by atoms with Crippen molar-refractivity contribution in [2.24, 2.45) is 0 Å². The van der Waals surface area contributed by atoms with Crippen molar-refractivity contribution in [1.82, 2.24) is 14.7 Å². The summed E-state index contributed by atoms with van der Waals surface area (Å²) in [4.78, 5) is 14.0. The van der Waals surface area contributed by atoms with Crippen LogP contribution >= 0.6 is 0 Å². The Morgan fingerprint density at radius 3 is 2.57 bits per heavy atom. The molecule has 0 aliphatic carbocycles. The van der Waals surface area contributed by atoms with E-state index in [1.807, 2.05) is 49.8 Å². The first kappa shape index (κ1) is 17.1. The van der Waals surface area contributed by atoms with E-state index >= 15 is 0 Å². The molecule has 0 aliphatic rings. The first-order valence-electron chi connectivity index (χ1n) is 8.04. The number of aryl methyl sites for hydroxylation is 3. The number of nitrogens with one attached hydrogen (secondary N) is 1. The Morgan fingerprint density at radius 1 is 1.26 bits per heavy atom. The summed E-state index contributed by atoms with van der Waals surface area (Å²) in [7, 11) is 1.82. The van der Waals surface area contributed by atoms with Gasteiger partial charge in [-0.15, -0.1) is 0 Å². The molecule has 0 saturated heterocycles. The van der Waals surface area contributed by atoms with Gasteiger partial charge in [-0.3, -0.25) is 4.68 Å². The number of hydrogen-bond donors (Lipinski definition) is 1. The summed E-state index contributed by atoms with van der Waals surface area (Å²) in [6.45, 7) is 9.73. The second-order valence-electron chi connectivity index (χ2n) is 5.88. The van der Waals surface area contributed by atoms with Gasteiger partial charge in [-0.05, 0) is 51.3 Å². The molecule has 0 radical (unpaired) electrons. The first-order valence-corrected chi connectivity index (χ1v) is 8.04. The van der Waals surface area contributed by atoms with Crippen LogP contribution in [0.2, 0.25) is 0 Å². The molecule has 5 nitrogen and oxygen atoms in total. The molecule has 1 N–H and O–H groups in total. The molecular formula is C18H26N4O. The zero-order valence-electron chi connectivity index (χ0n) is 14.7. The monoisotopic (exact) mass is 314 g/mol. The minimum Gasteiger partial charge on any atom is -0.327 e. The van der Waals surface area contributed by atoms with Crippen molar-refractivity contribution < 1.29 is 4.79 Å². The number of aromatic nitrogens is 2. The largest absolute Gasteiger partial charge is 0.327 e. The molecule has 1 aromatic heterocycles. The van der Waals surface area contributed by atoms with E-state index in [9.17, 15) is 4.79 Å². The van der Waals surface area contributed by atoms with Gasteiger partial charge in [0.2, 0.25) is 0 Å². The molecule has 1 aromatic carbocycles. The molecule has 0 aliphatic heterocycles. The van der Waals surface area contributed by atoms with Gasteiger partial charge in [-0.2, -0.15) is 5.10 Å². The van der Waals surface area contributed by atoms with E-state index in [4.69, 9.17) is 0 Å². The molecular weight excluding hydrogens is 288 g/mol. The maximum Gasteiger partial charge on any atom is 0.321 e. The van der Waals surface area contributed by atoms with Crippen LogP contribution in [0, 0.1) is 20.8 Å². The van der Waals surface area contributed by atoms with E-state index in [0.29, 0.717) is 6.54 Å². The standard InChI is InChI=1S/C18H26N4O/c1-6-22-15(4)16(14(3)20-22)11-12-21(5)18(23)19-17-10-8-7-9-13(17)2/h7-10H,6,11-12H2,1-5H3,(H,19,23). The molecule has 0 spiro atoms. The number of carbonyl (C=O) groups is 1. The van der Waals surface area contributed by atoms with Crippen LogP contribution in [-0.2, 0) is 13.0 Å². The molecule has 0 bridgehead atoms. The SMILES string of the molecule is CCn1nc(C)c(CCN(C)C(=O)Nc2ccccc2C)c1C. The Hall–Kier alpha value is -2.30. The lowest BCUT2D eigenvalue weighted by Gasteiger charge is -2.19. The number of nitrogens with zero attached hydrogens (tertiary/aromatic N) is 3. The Labute approximate surface area is 138 Å². The number of rotatable bonds is 5. The number of benzene rings is 1. The topological polar surface area (TPSA) is 50.2 Å². The van der Waals surface area contributed by atoms with E-state index in [2.05, 4.69) is 24.3 Å². The lowest BCUT2D eigenvalue weighted by atomic mass is 10.1. The summed E-state index contributed by atoms with van der Waals surface area (Å²) in [6, 6.07) is 7.71. The van der Waals surface area contributed by atoms with Crippen molar-refractivity contribution in [1.29, 1.82) is 0 Å². The molecule has 5 heteroatoms. The van der Waals surface area contributed by atoms with Gasteiger partial charge in [0.1, 0.15) is 0 Å². The summed E-state index contributed by atoms with van der Waals surface area (Å²) in [5.41, 5.74) is 5.40. The molecule has 124 valence electrons. The molecule has 0 unspecified atom stereocenters. The van der Waals surface area contributed by atoms with Gasteiger partial charge in [0.15, 0.2) is 0 Å². The molecule has 0 saturated carbocycles. The molecule has 2 rings (SSSR count). The Bertz CT molecular complexity index is 690. The fourth-order valence-electron chi connectivity index (χ4n) is 2.71. The van der Waals surface area contributed by atoms with Gasteiger partial charge in [0.25, 0.3) is 0 Å². The molecule has 0 atom stereocenters. The van der Waals surface area contributed by atoms with Crippen LogP contribution < -0.4 is 5.32 Å². The fourth-order valence-corrected chi connectivity index (χ4v) is 2.71. The third-order valence-electron chi connectivity index (χ3n) is 4.26. The van der Waals surface area contributed by atoms with Crippen LogP contribution in [0.5, 0.6) is 0 Å². The van der Waals surface area contributed by atoms with Crippen LogP contribution in [0.3, 0.4) is 0 Å². The number of hydrogen-bond acceptors (Lipinski definition) is 2. The number of carbonyl (C=O) groups excluding carboxylic acids is 1. The summed E-state index contributed by atoms with van der Waals surface area (Å²) >= 11 is 0. The second kappa shape index (κ2) is 7.31. The Kier molecular flexibility index (Phi) is 5.42. The summed E-state index contributed by atoms with van der Waals surface area (Å²) in [5.74, 6) is 0. The second-order valence-corrected chi connectivity index (χ2v) is 5.88. The lowest BCUT2D eigenvalue weighted by Crippen LogP contribution is -2.33. The highest BCUT2D eigenvalue weighted by atomic mass is 16.2. The Balaban J connectivity index is 1.97. The minimum absolute atomic E-state index is 0.0857. The third-order valence-corrected chi connectivity index (χ3v) is 4.26. The summed E-state index contributed by atoms with van der Waals surface area (Å²) in [5, 5.41) is 7.49. The van der Waals surface area contributed by atoms with Crippen LogP contribution in [0.25, 0.3) is 0 Å². The van der Waals surface area contributed by atoms with Crippen LogP contribution in [0.4, 0.5) is 10.5 Å². The zero-order valence-corrected chi connectivity index (χ0v) is 14.7. The van der Waals surface area contributed by atoms with E-state index in [1.165, 1.54) is 11.3 Å². The van der Waals surface area contributed by atoms with Crippen LogP contribution in [0.15, 0.2) is 24.3 Å². The van der Waals surface area contributed by atoms with E-state index in [1.54, 1.807) is 4.90 Å². The molecule has 2 aromatic rings. The molecule has 1 heterocycles. The fraction of sp³-hybridized carbons (Fsp3) is 0.444. The number of anilines is 1. The predicted molar refractivity (Wildman–Crippen MR) is 93.9 cm³/mol. The van der Waals surface area contributed by atoms with Crippen molar-refractivity contribution >= 4 is 11.7 Å². The van der Waals surface area contributed by atoms with E-state index < -0.39 is 0 Å². The average molecular weight is 314 g/mol. The van der Waals surface area contributed by atoms with Gasteiger partial charge in [-0.25, -0.2) is 4.79 Å². The third kappa shape index (κ3) is 3.92. The van der Waals surface area contributed by atoms with E-state index in [0.717, 1.165) is 29.9 Å². The summed E-state index contributed by atoms with van der Waals surface area (Å²) < 4.78 is 2.01. The quantitative estimate of drug-likeness (QED) is 0.918. The van der Waals surface area contributed by atoms with E-state index in [-0.39, 0.29) is 6.03 Å². The number of likely N-dealkylation sites (N-methyl/N-ethyl adjacent to an activating group) is 1. The Morgan fingerprint density at radius 2 is 1.96 bits per heavy atom. The highest BCUT2D eigenvalue weighted by Crippen LogP contribution is 2.16. The first-order chi connectivity index (χ1) is 10.9. The number of para-hydroxylation sites is 1. The minimum atomic E-state index is -0.0857.